The Kier molecular flexibility index (Phi) is 4.96. The van der Waals surface area contributed by atoms with Crippen molar-refractivity contribution < 1.29 is 14.7 Å². The highest BCUT2D eigenvalue weighted by atomic mass is 16.3. The number of aliphatic hydroxyl groups is 1. The molecule has 1 unspecified atom stereocenters. The molecule has 5 heteroatoms. The molecule has 2 N–H and O–H groups in total. The molecule has 1 aromatic carbocycles. The van der Waals surface area contributed by atoms with E-state index in [2.05, 4.69) is 5.32 Å². The second-order valence-corrected chi connectivity index (χ2v) is 5.27. The van der Waals surface area contributed by atoms with Crippen molar-refractivity contribution in [1.29, 1.82) is 0 Å². The fourth-order valence-corrected chi connectivity index (χ4v) is 2.63. The number of nitrogens with zero attached hydrogens (tertiary/aromatic N) is 1. The van der Waals surface area contributed by atoms with Crippen molar-refractivity contribution in [2.24, 2.45) is 0 Å². The third-order valence-electron chi connectivity index (χ3n) is 3.87. The van der Waals surface area contributed by atoms with Crippen LogP contribution in [-0.4, -0.2) is 41.0 Å². The average molecular weight is 290 g/mol. The highest BCUT2D eigenvalue weighted by Gasteiger charge is 2.30. The third kappa shape index (κ3) is 3.42. The van der Waals surface area contributed by atoms with Crippen molar-refractivity contribution in [2.45, 2.75) is 39.2 Å². The number of carbonyl (C=O) groups is 2. The molecule has 114 valence electrons. The molecule has 0 spiro atoms. The minimum absolute atomic E-state index is 0.00288. The van der Waals surface area contributed by atoms with Crippen molar-refractivity contribution in [3.8, 4) is 0 Å². The molecule has 1 fully saturated rings. The highest BCUT2D eigenvalue weighted by Crippen LogP contribution is 2.22. The highest BCUT2D eigenvalue weighted by molar-refractivity contribution is 5.96. The first-order valence-electron chi connectivity index (χ1n) is 7.44. The van der Waals surface area contributed by atoms with Gasteiger partial charge < -0.3 is 15.3 Å². The van der Waals surface area contributed by atoms with Crippen molar-refractivity contribution >= 4 is 17.5 Å². The number of hydrogen-bond donors (Lipinski definition) is 2. The largest absolute Gasteiger partial charge is 0.383 e. The molecular weight excluding hydrogens is 268 g/mol. The van der Waals surface area contributed by atoms with Gasteiger partial charge >= 0.3 is 0 Å². The number of anilines is 1. The lowest BCUT2D eigenvalue weighted by atomic mass is 10.0. The number of likely N-dealkylation sites (tertiary alicyclic amines) is 1. The molecule has 0 aliphatic carbocycles. The molecule has 1 aromatic rings. The monoisotopic (exact) mass is 290 g/mol. The predicted molar refractivity (Wildman–Crippen MR) is 81.0 cm³/mol. The number of nitrogens with one attached hydrogen (secondary N) is 1. The van der Waals surface area contributed by atoms with Gasteiger partial charge in [-0.3, -0.25) is 9.59 Å². The second kappa shape index (κ2) is 6.72. The minimum atomic E-state index is -0.952. The summed E-state index contributed by atoms with van der Waals surface area (Å²) in [5, 5.41) is 12.3. The zero-order valence-electron chi connectivity index (χ0n) is 12.6. The Labute approximate surface area is 125 Å². The summed E-state index contributed by atoms with van der Waals surface area (Å²) in [6.07, 6.45) is 1.12. The number of rotatable bonds is 5. The zero-order chi connectivity index (χ0) is 15.4. The van der Waals surface area contributed by atoms with Crippen LogP contribution in [0.2, 0.25) is 0 Å². The van der Waals surface area contributed by atoms with Gasteiger partial charge in [-0.1, -0.05) is 32.0 Å². The Morgan fingerprint density at radius 2 is 1.95 bits per heavy atom. The molecular formula is C16H22N2O3. The number of benzene rings is 1. The molecule has 0 bridgehead atoms. The third-order valence-corrected chi connectivity index (χ3v) is 3.87. The van der Waals surface area contributed by atoms with Crippen LogP contribution in [0.3, 0.4) is 0 Å². The second-order valence-electron chi connectivity index (χ2n) is 5.27. The maximum absolute atomic E-state index is 12.2. The van der Waals surface area contributed by atoms with Gasteiger partial charge in [-0.25, -0.2) is 0 Å². The van der Waals surface area contributed by atoms with E-state index < -0.39 is 6.10 Å². The summed E-state index contributed by atoms with van der Waals surface area (Å²) in [6.45, 7) is 4.52. The van der Waals surface area contributed by atoms with Gasteiger partial charge in [-0.2, -0.15) is 0 Å². The predicted octanol–water partition coefficient (Wildman–Crippen LogP) is 1.34. The van der Waals surface area contributed by atoms with E-state index in [9.17, 15) is 14.7 Å². The number of para-hydroxylation sites is 1. The fraction of sp³-hybridized carbons (Fsp3) is 0.500. The Bertz CT molecular complexity index is 520. The molecule has 0 aromatic heterocycles. The maximum atomic E-state index is 12.2. The first kappa shape index (κ1) is 15.5. The smallest absolute Gasteiger partial charge is 0.251 e. The minimum Gasteiger partial charge on any atom is -0.383 e. The van der Waals surface area contributed by atoms with E-state index in [1.165, 1.54) is 4.90 Å². The topological polar surface area (TPSA) is 69.6 Å². The SMILES string of the molecule is CCc1cccc(CC)c1NC(=O)CN1CCC(O)C1=O. The molecule has 21 heavy (non-hydrogen) atoms. The Morgan fingerprint density at radius 1 is 1.33 bits per heavy atom. The van der Waals surface area contributed by atoms with Crippen molar-refractivity contribution in [3.63, 3.8) is 0 Å². The van der Waals surface area contributed by atoms with Gasteiger partial charge in [0.05, 0.1) is 6.54 Å². The van der Waals surface area contributed by atoms with E-state index in [1.54, 1.807) is 0 Å². The first-order valence-corrected chi connectivity index (χ1v) is 7.44. The summed E-state index contributed by atoms with van der Waals surface area (Å²) in [7, 11) is 0. The van der Waals surface area contributed by atoms with Gasteiger partial charge in [0.25, 0.3) is 5.91 Å². The van der Waals surface area contributed by atoms with Crippen molar-refractivity contribution in [3.05, 3.63) is 29.3 Å². The lowest BCUT2D eigenvalue weighted by Gasteiger charge is -2.18. The zero-order valence-corrected chi connectivity index (χ0v) is 12.6. The molecule has 0 radical (unpaired) electrons. The number of amides is 2. The number of aryl methyl sites for hydroxylation is 2. The Morgan fingerprint density at radius 3 is 2.43 bits per heavy atom. The van der Waals surface area contributed by atoms with E-state index in [0.717, 1.165) is 29.7 Å². The first-order chi connectivity index (χ1) is 10.1. The van der Waals surface area contributed by atoms with Gasteiger partial charge in [0.1, 0.15) is 6.10 Å². The van der Waals surface area contributed by atoms with Crippen molar-refractivity contribution in [1.82, 2.24) is 4.90 Å². The summed E-state index contributed by atoms with van der Waals surface area (Å²) in [4.78, 5) is 25.2. The van der Waals surface area contributed by atoms with Crippen LogP contribution in [0.25, 0.3) is 0 Å². The lowest BCUT2D eigenvalue weighted by Crippen LogP contribution is -2.36. The molecule has 1 aliphatic rings. The van der Waals surface area contributed by atoms with Gasteiger partial charge in [0, 0.05) is 12.2 Å². The average Bonchev–Trinajstić information content (AvgIpc) is 2.79. The van der Waals surface area contributed by atoms with E-state index >= 15 is 0 Å². The van der Waals surface area contributed by atoms with Gasteiger partial charge in [0.15, 0.2) is 0 Å². The van der Waals surface area contributed by atoms with Crippen LogP contribution in [0.15, 0.2) is 18.2 Å². The van der Waals surface area contributed by atoms with Crippen molar-refractivity contribution in [2.75, 3.05) is 18.4 Å². The summed E-state index contributed by atoms with van der Waals surface area (Å²) in [5.41, 5.74) is 3.05. The van der Waals surface area contributed by atoms with Gasteiger partial charge in [-0.15, -0.1) is 0 Å². The van der Waals surface area contributed by atoms with E-state index in [4.69, 9.17) is 0 Å². The van der Waals surface area contributed by atoms with E-state index in [0.29, 0.717) is 13.0 Å². The van der Waals surface area contributed by atoms with Crippen LogP contribution in [0.1, 0.15) is 31.4 Å². The summed E-state index contributed by atoms with van der Waals surface area (Å²) < 4.78 is 0. The van der Waals surface area contributed by atoms with E-state index in [1.807, 2.05) is 32.0 Å². The van der Waals surface area contributed by atoms with Crippen LogP contribution in [0.5, 0.6) is 0 Å². The summed E-state index contributed by atoms with van der Waals surface area (Å²) in [5.74, 6) is -0.572. The summed E-state index contributed by atoms with van der Waals surface area (Å²) in [6, 6.07) is 5.99. The normalized spacial score (nSPS) is 18.1. The van der Waals surface area contributed by atoms with Crippen LogP contribution in [-0.2, 0) is 22.4 Å². The van der Waals surface area contributed by atoms with Crippen LogP contribution in [0, 0.1) is 0 Å². The van der Waals surface area contributed by atoms with Crippen LogP contribution < -0.4 is 5.32 Å². The van der Waals surface area contributed by atoms with E-state index in [-0.39, 0.29) is 18.4 Å². The van der Waals surface area contributed by atoms with Gasteiger partial charge in [0.2, 0.25) is 5.91 Å². The molecule has 2 amide bonds. The molecule has 1 atom stereocenters. The van der Waals surface area contributed by atoms with Crippen LogP contribution in [0.4, 0.5) is 5.69 Å². The standard InChI is InChI=1S/C16H22N2O3/c1-3-11-6-5-7-12(4-2)15(11)17-14(20)10-18-9-8-13(19)16(18)21/h5-7,13,19H,3-4,8-10H2,1-2H3,(H,17,20). The molecule has 0 saturated carbocycles. The number of aliphatic hydroxyl groups excluding tert-OH is 1. The Hall–Kier alpha value is -1.88. The number of hydrogen-bond acceptors (Lipinski definition) is 3. The molecule has 1 aliphatic heterocycles. The van der Waals surface area contributed by atoms with Gasteiger partial charge in [-0.05, 0) is 30.4 Å². The molecule has 1 heterocycles. The lowest BCUT2D eigenvalue weighted by molar-refractivity contribution is -0.136. The maximum Gasteiger partial charge on any atom is 0.251 e. The quantitative estimate of drug-likeness (QED) is 0.860. The van der Waals surface area contributed by atoms with Crippen LogP contribution >= 0.6 is 0 Å². The Balaban J connectivity index is 2.08. The molecule has 1 saturated heterocycles. The summed E-state index contributed by atoms with van der Waals surface area (Å²) >= 11 is 0. The number of carbonyl (C=O) groups excluding carboxylic acids is 2. The fourth-order valence-electron chi connectivity index (χ4n) is 2.63. The molecule has 5 nitrogen and oxygen atoms in total. The molecule has 2 rings (SSSR count).